The highest BCUT2D eigenvalue weighted by atomic mass is 19.4. The Morgan fingerprint density at radius 3 is 2.03 bits per heavy atom. The van der Waals surface area contributed by atoms with Crippen LogP contribution in [0.4, 0.5) is 40.6 Å². The summed E-state index contributed by atoms with van der Waals surface area (Å²) in [4.78, 5) is 25.9. The third-order valence-corrected chi connectivity index (χ3v) is 9.13. The second-order valence-corrected chi connectivity index (χ2v) is 13.2. The molecule has 3 aromatic carbocycles. The molecule has 0 saturated heterocycles. The predicted octanol–water partition coefficient (Wildman–Crippen LogP) is 9.93. The predicted molar refractivity (Wildman–Crippen MR) is 213 cm³/mol. The van der Waals surface area contributed by atoms with Gasteiger partial charge in [-0.15, -0.1) is 0 Å². The molecule has 292 valence electrons. The lowest BCUT2D eigenvalue weighted by molar-refractivity contribution is -0.140. The Hall–Kier alpha value is -7.88. The van der Waals surface area contributed by atoms with Crippen molar-refractivity contribution in [1.29, 1.82) is 0 Å². The topological polar surface area (TPSA) is 129 Å². The van der Waals surface area contributed by atoms with E-state index in [1.165, 1.54) is 40.7 Å². The first kappa shape index (κ1) is 36.7. The van der Waals surface area contributed by atoms with Crippen molar-refractivity contribution < 1.29 is 27.0 Å². The fraction of sp³-hybridized carbons (Fsp3) is 0.0698. The zero-order valence-electron chi connectivity index (χ0n) is 30.9. The minimum absolute atomic E-state index is 0.0956. The first-order valence-electron chi connectivity index (χ1n) is 18.1. The largest absolute Gasteiger partial charge is 0.454 e. The number of anilines is 4. The molecule has 59 heavy (non-hydrogen) atoms. The molecule has 9 aromatic rings. The van der Waals surface area contributed by atoms with Crippen LogP contribution in [0.3, 0.4) is 0 Å². The van der Waals surface area contributed by atoms with Gasteiger partial charge in [0.05, 0.1) is 0 Å². The van der Waals surface area contributed by atoms with E-state index in [4.69, 9.17) is 19.4 Å². The maximum Gasteiger partial charge on any atom is 0.435 e. The Balaban J connectivity index is 0.000000152. The Kier molecular flexibility index (Phi) is 9.48. The molecular weight excluding hydrogens is 765 g/mol. The maximum atomic E-state index is 14.0. The van der Waals surface area contributed by atoms with Gasteiger partial charge in [-0.2, -0.15) is 13.2 Å². The van der Waals surface area contributed by atoms with E-state index in [1.807, 2.05) is 61.5 Å². The molecule has 1 aliphatic heterocycles. The van der Waals surface area contributed by atoms with Gasteiger partial charge in [-0.25, -0.2) is 34.3 Å². The molecule has 12 nitrogen and oxygen atoms in total. The van der Waals surface area contributed by atoms with E-state index in [0.29, 0.717) is 51.7 Å². The van der Waals surface area contributed by atoms with E-state index in [0.717, 1.165) is 11.3 Å². The molecule has 2 N–H and O–H groups in total. The number of nitrogens with one attached hydrogen (secondary N) is 2. The highest BCUT2D eigenvalue weighted by molar-refractivity contribution is 5.79. The van der Waals surface area contributed by atoms with Gasteiger partial charge in [-0.05, 0) is 67.6 Å². The summed E-state index contributed by atoms with van der Waals surface area (Å²) in [5, 5.41) is 6.34. The van der Waals surface area contributed by atoms with Crippen LogP contribution in [-0.2, 0) is 6.18 Å². The highest BCUT2D eigenvalue weighted by Crippen LogP contribution is 2.38. The van der Waals surface area contributed by atoms with Crippen LogP contribution in [0.2, 0.25) is 0 Å². The van der Waals surface area contributed by atoms with Crippen molar-refractivity contribution in [2.75, 3.05) is 17.4 Å². The van der Waals surface area contributed by atoms with E-state index in [2.05, 4.69) is 30.6 Å². The van der Waals surface area contributed by atoms with Gasteiger partial charge in [0.15, 0.2) is 28.8 Å². The number of pyridine rings is 2. The lowest BCUT2D eigenvalue weighted by atomic mass is 10.1. The summed E-state index contributed by atoms with van der Waals surface area (Å²) in [5.41, 5.74) is 4.55. The molecule has 0 bridgehead atoms. The first-order chi connectivity index (χ1) is 28.7. The minimum Gasteiger partial charge on any atom is -0.454 e. The van der Waals surface area contributed by atoms with Crippen molar-refractivity contribution in [2.45, 2.75) is 13.1 Å². The molecule has 0 fully saturated rings. The second-order valence-electron chi connectivity index (χ2n) is 13.2. The SMILES string of the molecule is Cc1ccc(Nc2ccnc(-c3c(-c4ccccc4)nc4ccc(F)cn34)n2)cc1.FC(F)(F)c1nc2ccccn2c1-c1nccc(Nc2ccc3c(c2)OCO3)n1. The van der Waals surface area contributed by atoms with Crippen LogP contribution in [0.15, 0.2) is 140 Å². The molecule has 0 saturated carbocycles. The summed E-state index contributed by atoms with van der Waals surface area (Å²) >= 11 is 0. The van der Waals surface area contributed by atoms with Gasteiger partial charge in [-0.3, -0.25) is 8.80 Å². The first-order valence-corrected chi connectivity index (χ1v) is 18.1. The van der Waals surface area contributed by atoms with E-state index < -0.39 is 11.9 Å². The molecule has 0 radical (unpaired) electrons. The normalized spacial score (nSPS) is 12.0. The average molecular weight is 795 g/mol. The average Bonchev–Trinajstić information content (AvgIpc) is 3.98. The molecule has 7 heterocycles. The summed E-state index contributed by atoms with van der Waals surface area (Å²) in [7, 11) is 0. The summed E-state index contributed by atoms with van der Waals surface area (Å²) in [6.07, 6.45) is 1.33. The molecule has 1 aliphatic rings. The lowest BCUT2D eigenvalue weighted by Crippen LogP contribution is -2.09. The number of benzene rings is 3. The van der Waals surface area contributed by atoms with Crippen molar-refractivity contribution in [3.63, 3.8) is 0 Å². The number of alkyl halides is 3. The number of rotatable bonds is 7. The Labute approximate surface area is 332 Å². The van der Waals surface area contributed by atoms with E-state index in [1.54, 1.807) is 59.1 Å². The zero-order valence-corrected chi connectivity index (χ0v) is 30.9. The summed E-state index contributed by atoms with van der Waals surface area (Å²) < 4.78 is 68.4. The van der Waals surface area contributed by atoms with Crippen molar-refractivity contribution >= 4 is 34.3 Å². The third-order valence-electron chi connectivity index (χ3n) is 9.13. The van der Waals surface area contributed by atoms with E-state index >= 15 is 0 Å². The van der Waals surface area contributed by atoms with Gasteiger partial charge in [0.25, 0.3) is 0 Å². The fourth-order valence-electron chi connectivity index (χ4n) is 6.43. The molecule has 16 heteroatoms. The van der Waals surface area contributed by atoms with Crippen LogP contribution in [0, 0.1) is 12.7 Å². The van der Waals surface area contributed by atoms with Crippen LogP contribution in [0.25, 0.3) is 45.6 Å². The number of imidazole rings is 2. The zero-order chi connectivity index (χ0) is 40.5. The van der Waals surface area contributed by atoms with Gasteiger partial charge in [0.1, 0.15) is 45.8 Å². The number of fused-ring (bicyclic) bond motifs is 3. The number of aromatic nitrogens is 8. The van der Waals surface area contributed by atoms with Crippen LogP contribution in [-0.4, -0.2) is 45.5 Å². The van der Waals surface area contributed by atoms with Gasteiger partial charge >= 0.3 is 6.18 Å². The Bertz CT molecular complexity index is 2950. The number of ether oxygens (including phenoxy) is 2. The molecule has 0 aliphatic carbocycles. The number of hydrogen-bond donors (Lipinski definition) is 2. The van der Waals surface area contributed by atoms with E-state index in [-0.39, 0.29) is 29.8 Å². The monoisotopic (exact) mass is 794 g/mol. The minimum atomic E-state index is -4.65. The van der Waals surface area contributed by atoms with Crippen molar-refractivity contribution in [2.24, 2.45) is 0 Å². The standard InChI is InChI=1S/C24H18FN5.C19H12F3N5O2/c1-16-7-10-19(11-8-16)27-20-13-14-26-24(28-20)23-22(17-5-3-2-4-6-17)29-21-12-9-18(25)15-30(21)23;20-19(21,22)17-16(27-8-2-1-3-15(27)26-17)18-23-7-6-14(25-18)24-11-4-5-12-13(9-11)29-10-28-12/h2-15H,1H3,(H,26,27,28);1-9H,10H2,(H,23,24,25). The maximum absolute atomic E-state index is 14.0. The molecule has 0 amide bonds. The summed E-state index contributed by atoms with van der Waals surface area (Å²) in [6, 6.07) is 34.2. The summed E-state index contributed by atoms with van der Waals surface area (Å²) in [5.74, 6) is 2.19. The van der Waals surface area contributed by atoms with E-state index in [9.17, 15) is 17.6 Å². The molecule has 0 unspecified atom stereocenters. The molecular formula is C43H30F4N10O2. The van der Waals surface area contributed by atoms with Crippen LogP contribution in [0.1, 0.15) is 11.3 Å². The number of hydrogen-bond acceptors (Lipinski definition) is 10. The summed E-state index contributed by atoms with van der Waals surface area (Å²) in [6.45, 7) is 2.19. The number of aryl methyl sites for hydroxylation is 1. The smallest absolute Gasteiger partial charge is 0.435 e. The van der Waals surface area contributed by atoms with Gasteiger partial charge < -0.3 is 20.1 Å². The Morgan fingerprint density at radius 1 is 0.627 bits per heavy atom. The highest BCUT2D eigenvalue weighted by Gasteiger charge is 2.39. The van der Waals surface area contributed by atoms with Crippen molar-refractivity contribution in [1.82, 2.24) is 38.7 Å². The van der Waals surface area contributed by atoms with Gasteiger partial charge in [0, 0.05) is 47.8 Å². The number of halogens is 4. The Morgan fingerprint density at radius 2 is 1.29 bits per heavy atom. The van der Waals surface area contributed by atoms with Gasteiger partial charge in [0.2, 0.25) is 6.79 Å². The molecule has 6 aromatic heterocycles. The van der Waals surface area contributed by atoms with Gasteiger partial charge in [-0.1, -0.05) is 54.1 Å². The lowest BCUT2D eigenvalue weighted by Gasteiger charge is -2.10. The molecule has 0 spiro atoms. The third kappa shape index (κ3) is 7.66. The number of nitrogens with zero attached hydrogens (tertiary/aromatic N) is 8. The van der Waals surface area contributed by atoms with Crippen LogP contribution >= 0.6 is 0 Å². The second kappa shape index (κ2) is 15.2. The van der Waals surface area contributed by atoms with Crippen molar-refractivity contribution in [3.8, 4) is 45.8 Å². The quantitative estimate of drug-likeness (QED) is 0.151. The fourth-order valence-corrected chi connectivity index (χ4v) is 6.43. The molecule has 10 rings (SSSR count). The molecule has 0 atom stereocenters. The van der Waals surface area contributed by atoms with Crippen molar-refractivity contribution in [3.05, 3.63) is 157 Å². The van der Waals surface area contributed by atoms with Crippen LogP contribution in [0.5, 0.6) is 11.5 Å². The van der Waals surface area contributed by atoms with Crippen LogP contribution < -0.4 is 20.1 Å².